The van der Waals surface area contributed by atoms with E-state index in [1.807, 2.05) is 42.5 Å². The molecule has 0 bridgehead atoms. The van der Waals surface area contributed by atoms with Gasteiger partial charge in [0.1, 0.15) is 0 Å². The van der Waals surface area contributed by atoms with Crippen LogP contribution in [0.5, 0.6) is 0 Å². The molecule has 3 aromatic rings. The molecule has 1 N–H and O–H groups in total. The van der Waals surface area contributed by atoms with Crippen molar-refractivity contribution in [1.29, 1.82) is 0 Å². The van der Waals surface area contributed by atoms with Crippen molar-refractivity contribution in [3.05, 3.63) is 95.6 Å². The van der Waals surface area contributed by atoms with Crippen molar-refractivity contribution >= 4 is 21.6 Å². The number of sulfonamides is 1. The molecule has 162 valence electrons. The zero-order valence-electron chi connectivity index (χ0n) is 18.3. The maximum Gasteiger partial charge on any atom is 0.255 e. The highest BCUT2D eigenvalue weighted by Crippen LogP contribution is 2.23. The molecule has 0 aliphatic rings. The first-order valence-corrected chi connectivity index (χ1v) is 11.5. The lowest BCUT2D eigenvalue weighted by molar-refractivity contribution is 0.102. The van der Waals surface area contributed by atoms with Crippen LogP contribution in [-0.2, 0) is 22.0 Å². The number of nitrogens with one attached hydrogen (secondary N) is 1. The van der Waals surface area contributed by atoms with Gasteiger partial charge < -0.3 is 5.32 Å². The van der Waals surface area contributed by atoms with Gasteiger partial charge in [-0.15, -0.1) is 0 Å². The molecule has 6 heteroatoms. The number of hydrogen-bond donors (Lipinski definition) is 1. The minimum absolute atomic E-state index is 0.0179. The molecule has 3 rings (SSSR count). The van der Waals surface area contributed by atoms with Gasteiger partial charge in [0.2, 0.25) is 10.0 Å². The molecular formula is C25H28N2O3S. The van der Waals surface area contributed by atoms with Crippen molar-refractivity contribution in [2.24, 2.45) is 0 Å². The van der Waals surface area contributed by atoms with E-state index >= 15 is 0 Å². The van der Waals surface area contributed by atoms with Crippen LogP contribution in [0.25, 0.3) is 0 Å². The van der Waals surface area contributed by atoms with E-state index < -0.39 is 10.0 Å². The Balaban J connectivity index is 1.68. The van der Waals surface area contributed by atoms with Crippen molar-refractivity contribution in [1.82, 2.24) is 4.31 Å². The zero-order valence-corrected chi connectivity index (χ0v) is 19.1. The monoisotopic (exact) mass is 436 g/mol. The van der Waals surface area contributed by atoms with Crippen LogP contribution >= 0.6 is 0 Å². The number of carbonyl (C=O) groups excluding carboxylic acids is 1. The molecule has 0 aromatic heterocycles. The van der Waals surface area contributed by atoms with Gasteiger partial charge in [-0.25, -0.2) is 8.42 Å². The Labute approximate surface area is 184 Å². The van der Waals surface area contributed by atoms with Crippen LogP contribution in [0.3, 0.4) is 0 Å². The molecule has 31 heavy (non-hydrogen) atoms. The molecule has 5 nitrogen and oxygen atoms in total. The number of amides is 1. The Kier molecular flexibility index (Phi) is 6.62. The van der Waals surface area contributed by atoms with Crippen molar-refractivity contribution in [2.75, 3.05) is 12.4 Å². The van der Waals surface area contributed by atoms with Gasteiger partial charge in [-0.1, -0.05) is 63.2 Å². The van der Waals surface area contributed by atoms with Gasteiger partial charge in [-0.2, -0.15) is 4.31 Å². The van der Waals surface area contributed by atoms with Gasteiger partial charge in [0.25, 0.3) is 5.91 Å². The average molecular weight is 437 g/mol. The standard InChI is InChI=1S/C25H28N2O3S/c1-25(2,3)21-12-10-20(11-13-21)24(28)26-22-14-16-23(17-15-22)31(29,30)27(4)18-19-8-6-5-7-9-19/h5-17H,18H2,1-4H3,(H,26,28). The summed E-state index contributed by atoms with van der Waals surface area (Å²) in [5.41, 5.74) is 3.17. The Morgan fingerprint density at radius 2 is 1.45 bits per heavy atom. The third-order valence-corrected chi connectivity index (χ3v) is 6.90. The van der Waals surface area contributed by atoms with Crippen molar-refractivity contribution in [3.8, 4) is 0 Å². The first kappa shape index (κ1) is 22.7. The Morgan fingerprint density at radius 3 is 2.00 bits per heavy atom. The van der Waals surface area contributed by atoms with E-state index in [0.717, 1.165) is 11.1 Å². The van der Waals surface area contributed by atoms with Gasteiger partial charge >= 0.3 is 0 Å². The largest absolute Gasteiger partial charge is 0.322 e. The van der Waals surface area contributed by atoms with Gasteiger partial charge in [-0.3, -0.25) is 4.79 Å². The molecule has 0 unspecified atom stereocenters. The Bertz CT molecular complexity index is 1130. The molecule has 0 spiro atoms. The number of hydrogen-bond acceptors (Lipinski definition) is 3. The third-order valence-electron chi connectivity index (χ3n) is 5.08. The maximum absolute atomic E-state index is 12.8. The van der Waals surface area contributed by atoms with Crippen LogP contribution in [0.15, 0.2) is 83.8 Å². The summed E-state index contributed by atoms with van der Waals surface area (Å²) in [7, 11) is -2.08. The lowest BCUT2D eigenvalue weighted by Gasteiger charge is -2.19. The van der Waals surface area contributed by atoms with E-state index in [0.29, 0.717) is 11.3 Å². The molecule has 0 atom stereocenters. The van der Waals surface area contributed by atoms with E-state index in [2.05, 4.69) is 26.1 Å². The van der Waals surface area contributed by atoms with Gasteiger partial charge in [0.15, 0.2) is 0 Å². The molecule has 0 saturated heterocycles. The molecule has 1 amide bonds. The van der Waals surface area contributed by atoms with Gasteiger partial charge in [0.05, 0.1) is 4.90 Å². The van der Waals surface area contributed by atoms with Crippen LogP contribution in [0.2, 0.25) is 0 Å². The van der Waals surface area contributed by atoms with Crippen LogP contribution in [-0.4, -0.2) is 25.7 Å². The molecule has 0 aliphatic carbocycles. The lowest BCUT2D eigenvalue weighted by atomic mass is 9.87. The maximum atomic E-state index is 12.8. The van der Waals surface area contributed by atoms with Crippen molar-refractivity contribution in [2.45, 2.75) is 37.6 Å². The summed E-state index contributed by atoms with van der Waals surface area (Å²) in [5, 5.41) is 2.82. The summed E-state index contributed by atoms with van der Waals surface area (Å²) in [6, 6.07) is 23.1. The highest BCUT2D eigenvalue weighted by molar-refractivity contribution is 7.89. The number of benzene rings is 3. The second-order valence-electron chi connectivity index (χ2n) is 8.55. The van der Waals surface area contributed by atoms with E-state index in [1.54, 1.807) is 31.3 Å². The van der Waals surface area contributed by atoms with E-state index in [4.69, 9.17) is 0 Å². The summed E-state index contributed by atoms with van der Waals surface area (Å²) in [4.78, 5) is 12.7. The normalized spacial score (nSPS) is 12.0. The zero-order chi connectivity index (χ0) is 22.6. The molecule has 0 heterocycles. The molecule has 0 radical (unpaired) electrons. The highest BCUT2D eigenvalue weighted by atomic mass is 32.2. The van der Waals surface area contributed by atoms with Crippen LogP contribution in [0.4, 0.5) is 5.69 Å². The Hall–Kier alpha value is -2.96. The van der Waals surface area contributed by atoms with Crippen LogP contribution in [0, 0.1) is 0 Å². The second-order valence-corrected chi connectivity index (χ2v) is 10.6. The summed E-state index contributed by atoms with van der Waals surface area (Å²) in [6.07, 6.45) is 0. The average Bonchev–Trinajstić information content (AvgIpc) is 2.74. The number of anilines is 1. The number of carbonyl (C=O) groups is 1. The first-order valence-electron chi connectivity index (χ1n) is 10.1. The highest BCUT2D eigenvalue weighted by Gasteiger charge is 2.21. The van der Waals surface area contributed by atoms with E-state index in [1.165, 1.54) is 16.4 Å². The molecule has 3 aromatic carbocycles. The minimum atomic E-state index is -3.63. The van der Waals surface area contributed by atoms with Crippen molar-refractivity contribution in [3.63, 3.8) is 0 Å². The quantitative estimate of drug-likeness (QED) is 0.587. The lowest BCUT2D eigenvalue weighted by Crippen LogP contribution is -2.26. The minimum Gasteiger partial charge on any atom is -0.322 e. The molecule has 0 aliphatic heterocycles. The summed E-state index contributed by atoms with van der Waals surface area (Å²) < 4.78 is 27.0. The SMILES string of the molecule is CN(Cc1ccccc1)S(=O)(=O)c1ccc(NC(=O)c2ccc(C(C)(C)C)cc2)cc1. The fourth-order valence-corrected chi connectivity index (χ4v) is 4.30. The summed E-state index contributed by atoms with van der Waals surface area (Å²) in [6.45, 7) is 6.64. The number of nitrogens with zero attached hydrogens (tertiary/aromatic N) is 1. The molecular weight excluding hydrogens is 408 g/mol. The first-order chi connectivity index (χ1) is 14.6. The summed E-state index contributed by atoms with van der Waals surface area (Å²) >= 11 is 0. The van der Waals surface area contributed by atoms with E-state index in [-0.39, 0.29) is 22.8 Å². The van der Waals surface area contributed by atoms with Crippen LogP contribution < -0.4 is 5.32 Å². The third kappa shape index (κ3) is 5.60. The molecule has 0 fully saturated rings. The van der Waals surface area contributed by atoms with Crippen LogP contribution in [0.1, 0.15) is 42.3 Å². The van der Waals surface area contributed by atoms with Crippen molar-refractivity contribution < 1.29 is 13.2 Å². The smallest absolute Gasteiger partial charge is 0.255 e. The molecule has 0 saturated carbocycles. The predicted molar refractivity (Wildman–Crippen MR) is 125 cm³/mol. The topological polar surface area (TPSA) is 66.5 Å². The summed E-state index contributed by atoms with van der Waals surface area (Å²) in [5.74, 6) is -0.239. The number of rotatable bonds is 6. The fourth-order valence-electron chi connectivity index (χ4n) is 3.14. The second kappa shape index (κ2) is 9.04. The Morgan fingerprint density at radius 1 is 0.871 bits per heavy atom. The van der Waals surface area contributed by atoms with Gasteiger partial charge in [0, 0.05) is 24.8 Å². The van der Waals surface area contributed by atoms with E-state index in [9.17, 15) is 13.2 Å². The van der Waals surface area contributed by atoms with Gasteiger partial charge in [-0.05, 0) is 52.9 Å². The predicted octanol–water partition coefficient (Wildman–Crippen LogP) is 5.06. The fraction of sp³-hybridized carbons (Fsp3) is 0.240.